The van der Waals surface area contributed by atoms with Gasteiger partial charge >= 0.3 is 0 Å². The Bertz CT molecular complexity index is 537. The summed E-state index contributed by atoms with van der Waals surface area (Å²) in [5.41, 5.74) is 1.90. The zero-order valence-corrected chi connectivity index (χ0v) is 10.7. The molecule has 0 atom stereocenters. The summed E-state index contributed by atoms with van der Waals surface area (Å²) in [6.07, 6.45) is 0. The molecule has 0 bridgehead atoms. The Kier molecular flexibility index (Phi) is 3.96. The van der Waals surface area contributed by atoms with Crippen LogP contribution in [0.5, 0.6) is 5.75 Å². The topological polar surface area (TPSA) is 58.6 Å². The van der Waals surface area contributed by atoms with E-state index >= 15 is 0 Å². The molecule has 0 fully saturated rings. The number of rotatable bonds is 4. The molecule has 1 aromatic carbocycles. The van der Waals surface area contributed by atoms with Crippen molar-refractivity contribution in [3.63, 3.8) is 0 Å². The lowest BCUT2D eigenvalue weighted by Crippen LogP contribution is -2.11. The van der Waals surface area contributed by atoms with E-state index in [1.54, 1.807) is 29.6 Å². The first-order valence-corrected chi connectivity index (χ1v) is 6.30. The van der Waals surface area contributed by atoms with E-state index in [1.807, 2.05) is 5.38 Å². The molecule has 1 heterocycles. The first kappa shape index (κ1) is 12.6. The van der Waals surface area contributed by atoms with Gasteiger partial charge in [0.15, 0.2) is 0 Å². The molecular weight excluding hydrogens is 250 g/mol. The van der Waals surface area contributed by atoms with E-state index in [0.29, 0.717) is 22.6 Å². The molecule has 5 heteroatoms. The highest BCUT2D eigenvalue weighted by molar-refractivity contribution is 7.08. The molecule has 2 N–H and O–H groups in total. The van der Waals surface area contributed by atoms with Crippen molar-refractivity contribution < 1.29 is 14.6 Å². The van der Waals surface area contributed by atoms with Crippen molar-refractivity contribution in [2.24, 2.45) is 0 Å². The van der Waals surface area contributed by atoms with Crippen LogP contribution in [0.15, 0.2) is 35.0 Å². The van der Waals surface area contributed by atoms with Crippen LogP contribution in [-0.4, -0.2) is 18.1 Å². The zero-order chi connectivity index (χ0) is 13.0. The number of hydrogen-bond donors (Lipinski definition) is 2. The fourth-order valence-corrected chi connectivity index (χ4v) is 2.21. The number of ether oxygens (including phenoxy) is 1. The van der Waals surface area contributed by atoms with Gasteiger partial charge in [-0.15, -0.1) is 0 Å². The van der Waals surface area contributed by atoms with Gasteiger partial charge in [-0.1, -0.05) is 0 Å². The van der Waals surface area contributed by atoms with Gasteiger partial charge in [0, 0.05) is 16.6 Å². The number of methoxy groups -OCH3 is 1. The maximum atomic E-state index is 11.8. The van der Waals surface area contributed by atoms with Gasteiger partial charge in [0.2, 0.25) is 0 Å². The van der Waals surface area contributed by atoms with Crippen molar-refractivity contribution in [3.8, 4) is 5.75 Å². The third-order valence-electron chi connectivity index (χ3n) is 2.49. The van der Waals surface area contributed by atoms with Crippen LogP contribution in [0.2, 0.25) is 0 Å². The molecule has 0 radical (unpaired) electrons. The third kappa shape index (κ3) is 2.69. The number of thiophene rings is 1. The van der Waals surface area contributed by atoms with Crippen molar-refractivity contribution in [2.45, 2.75) is 6.61 Å². The van der Waals surface area contributed by atoms with Gasteiger partial charge in [0.05, 0.1) is 19.3 Å². The quantitative estimate of drug-likeness (QED) is 0.891. The Balaban J connectivity index is 2.17. The lowest BCUT2D eigenvalue weighted by Gasteiger charge is -2.09. The minimum absolute atomic E-state index is 0.134. The molecule has 0 unspecified atom stereocenters. The SMILES string of the molecule is COc1ccc(NC(=O)c2ccsc2)cc1CO. The Morgan fingerprint density at radius 2 is 2.28 bits per heavy atom. The lowest BCUT2D eigenvalue weighted by molar-refractivity contribution is 0.102. The first-order valence-electron chi connectivity index (χ1n) is 5.36. The number of amides is 1. The van der Waals surface area contributed by atoms with E-state index in [9.17, 15) is 9.90 Å². The zero-order valence-electron chi connectivity index (χ0n) is 9.84. The Hall–Kier alpha value is -1.85. The average molecular weight is 263 g/mol. The summed E-state index contributed by atoms with van der Waals surface area (Å²) in [5, 5.41) is 15.6. The number of benzene rings is 1. The Labute approximate surface area is 109 Å². The van der Waals surface area contributed by atoms with Gasteiger partial charge in [0.1, 0.15) is 5.75 Å². The second-order valence-electron chi connectivity index (χ2n) is 3.65. The second-order valence-corrected chi connectivity index (χ2v) is 4.43. The number of carbonyl (C=O) groups is 1. The molecule has 1 aromatic heterocycles. The van der Waals surface area contributed by atoms with Gasteiger partial charge in [-0.05, 0) is 29.6 Å². The summed E-state index contributed by atoms with van der Waals surface area (Å²) < 4.78 is 5.10. The van der Waals surface area contributed by atoms with Crippen molar-refractivity contribution >= 4 is 22.9 Å². The monoisotopic (exact) mass is 263 g/mol. The van der Waals surface area contributed by atoms with Gasteiger partial charge in [-0.3, -0.25) is 4.79 Å². The predicted molar refractivity (Wildman–Crippen MR) is 71.2 cm³/mol. The van der Waals surface area contributed by atoms with Crippen LogP contribution >= 0.6 is 11.3 Å². The molecule has 2 aromatic rings. The Morgan fingerprint density at radius 3 is 2.89 bits per heavy atom. The summed E-state index contributed by atoms with van der Waals surface area (Å²) in [6, 6.07) is 6.91. The number of aliphatic hydroxyl groups is 1. The summed E-state index contributed by atoms with van der Waals surface area (Å²) in [5.74, 6) is 0.441. The second kappa shape index (κ2) is 5.66. The summed E-state index contributed by atoms with van der Waals surface area (Å²) >= 11 is 1.47. The van der Waals surface area contributed by atoms with Gasteiger partial charge in [-0.25, -0.2) is 0 Å². The normalized spacial score (nSPS) is 10.1. The van der Waals surface area contributed by atoms with E-state index in [2.05, 4.69) is 5.32 Å². The molecule has 94 valence electrons. The van der Waals surface area contributed by atoms with Crippen molar-refractivity contribution in [2.75, 3.05) is 12.4 Å². The maximum absolute atomic E-state index is 11.8. The fraction of sp³-hybridized carbons (Fsp3) is 0.154. The molecule has 0 aliphatic rings. The molecule has 1 amide bonds. The van der Waals surface area contributed by atoms with E-state index < -0.39 is 0 Å². The summed E-state index contributed by atoms with van der Waals surface area (Å²) in [7, 11) is 1.54. The number of aliphatic hydroxyl groups excluding tert-OH is 1. The molecule has 0 aliphatic carbocycles. The Morgan fingerprint density at radius 1 is 1.44 bits per heavy atom. The van der Waals surface area contributed by atoms with Crippen molar-refractivity contribution in [3.05, 3.63) is 46.2 Å². The number of hydrogen-bond acceptors (Lipinski definition) is 4. The molecule has 4 nitrogen and oxygen atoms in total. The first-order chi connectivity index (χ1) is 8.74. The summed E-state index contributed by atoms with van der Waals surface area (Å²) in [6.45, 7) is -0.134. The highest BCUT2D eigenvalue weighted by Crippen LogP contribution is 2.23. The number of nitrogens with one attached hydrogen (secondary N) is 1. The van der Waals surface area contributed by atoms with Crippen LogP contribution in [-0.2, 0) is 6.61 Å². The van der Waals surface area contributed by atoms with Crippen LogP contribution in [0.4, 0.5) is 5.69 Å². The highest BCUT2D eigenvalue weighted by Gasteiger charge is 2.08. The molecule has 0 aliphatic heterocycles. The van der Waals surface area contributed by atoms with E-state index in [1.165, 1.54) is 18.4 Å². The van der Waals surface area contributed by atoms with Crippen LogP contribution in [0.1, 0.15) is 15.9 Å². The van der Waals surface area contributed by atoms with Gasteiger partial charge in [-0.2, -0.15) is 11.3 Å². The summed E-state index contributed by atoms with van der Waals surface area (Å²) in [4.78, 5) is 11.8. The largest absolute Gasteiger partial charge is 0.496 e. The smallest absolute Gasteiger partial charge is 0.256 e. The minimum atomic E-state index is -0.162. The van der Waals surface area contributed by atoms with Crippen LogP contribution in [0.3, 0.4) is 0 Å². The predicted octanol–water partition coefficient (Wildman–Crippen LogP) is 2.50. The number of anilines is 1. The molecule has 18 heavy (non-hydrogen) atoms. The van der Waals surface area contributed by atoms with Crippen LogP contribution in [0, 0.1) is 0 Å². The highest BCUT2D eigenvalue weighted by atomic mass is 32.1. The third-order valence-corrected chi connectivity index (χ3v) is 3.18. The van der Waals surface area contributed by atoms with Crippen LogP contribution in [0.25, 0.3) is 0 Å². The van der Waals surface area contributed by atoms with E-state index in [4.69, 9.17) is 4.74 Å². The minimum Gasteiger partial charge on any atom is -0.496 e. The molecule has 0 saturated carbocycles. The number of carbonyl (C=O) groups excluding carboxylic acids is 1. The maximum Gasteiger partial charge on any atom is 0.256 e. The van der Waals surface area contributed by atoms with Crippen molar-refractivity contribution in [1.82, 2.24) is 0 Å². The molecular formula is C13H13NO3S. The van der Waals surface area contributed by atoms with E-state index in [-0.39, 0.29) is 12.5 Å². The standard InChI is InChI=1S/C13H13NO3S/c1-17-12-3-2-11(6-10(12)7-15)14-13(16)9-4-5-18-8-9/h2-6,8,15H,7H2,1H3,(H,14,16). The lowest BCUT2D eigenvalue weighted by atomic mass is 10.2. The average Bonchev–Trinajstić information content (AvgIpc) is 2.92. The van der Waals surface area contributed by atoms with Gasteiger partial charge < -0.3 is 15.2 Å². The molecule has 0 saturated heterocycles. The fourth-order valence-electron chi connectivity index (χ4n) is 1.58. The molecule has 2 rings (SSSR count). The van der Waals surface area contributed by atoms with Gasteiger partial charge in [0.25, 0.3) is 5.91 Å². The van der Waals surface area contributed by atoms with Crippen LogP contribution < -0.4 is 10.1 Å². The van der Waals surface area contributed by atoms with E-state index in [0.717, 1.165) is 0 Å². The molecule has 0 spiro atoms. The van der Waals surface area contributed by atoms with Crippen molar-refractivity contribution in [1.29, 1.82) is 0 Å².